The summed E-state index contributed by atoms with van der Waals surface area (Å²) >= 11 is 0. The second-order valence-corrected chi connectivity index (χ2v) is 10.2. The molecule has 1 fully saturated rings. The van der Waals surface area contributed by atoms with Crippen molar-refractivity contribution in [3.63, 3.8) is 0 Å². The maximum atomic E-state index is 14.8. The molecule has 4 aromatic rings. The summed E-state index contributed by atoms with van der Waals surface area (Å²) in [6.45, 7) is 5.66. The van der Waals surface area contributed by atoms with Crippen LogP contribution in [0.2, 0.25) is 0 Å². The van der Waals surface area contributed by atoms with E-state index in [0.717, 1.165) is 9.54 Å². The summed E-state index contributed by atoms with van der Waals surface area (Å²) in [6.07, 6.45) is 1.42. The van der Waals surface area contributed by atoms with Gasteiger partial charge < -0.3 is 15.4 Å². The van der Waals surface area contributed by atoms with Crippen LogP contribution in [0.5, 0.6) is 0 Å². The number of aryl methyl sites for hydroxylation is 1. The van der Waals surface area contributed by atoms with E-state index in [0.29, 0.717) is 36.5 Å². The molecule has 3 heterocycles. The smallest absolute Gasteiger partial charge is 0.268 e. The number of hydrogen-bond donors (Lipinski definition) is 1. The summed E-state index contributed by atoms with van der Waals surface area (Å²) in [4.78, 5) is 11.2. The lowest BCUT2D eigenvalue weighted by Gasteiger charge is -2.34. The van der Waals surface area contributed by atoms with Crippen molar-refractivity contribution in [3.05, 3.63) is 66.1 Å². The zero-order chi connectivity index (χ0) is 24.0. The van der Waals surface area contributed by atoms with Gasteiger partial charge in [0.05, 0.1) is 29.7 Å². The summed E-state index contributed by atoms with van der Waals surface area (Å²) in [7, 11) is -3.93. The number of halogens is 1. The van der Waals surface area contributed by atoms with Gasteiger partial charge in [-0.2, -0.15) is 0 Å². The number of ether oxygens (including phenoxy) is 1. The molecule has 1 saturated heterocycles. The highest BCUT2D eigenvalue weighted by molar-refractivity contribution is 7.90. The third-order valence-corrected chi connectivity index (χ3v) is 7.65. The molecular weight excluding hydrogens is 457 g/mol. The molecule has 0 aliphatic carbocycles. The normalized spacial score (nSPS) is 16.8. The van der Waals surface area contributed by atoms with Crippen molar-refractivity contribution in [1.29, 1.82) is 0 Å². The molecule has 0 amide bonds. The van der Waals surface area contributed by atoms with Crippen LogP contribution in [0, 0.1) is 12.7 Å². The molecule has 1 aliphatic rings. The van der Waals surface area contributed by atoms with Gasteiger partial charge in [-0.15, -0.1) is 0 Å². The maximum Gasteiger partial charge on any atom is 0.268 e. The zero-order valence-corrected chi connectivity index (χ0v) is 19.6. The van der Waals surface area contributed by atoms with Crippen LogP contribution in [-0.4, -0.2) is 48.2 Å². The van der Waals surface area contributed by atoms with E-state index in [1.165, 1.54) is 30.5 Å². The minimum absolute atomic E-state index is 0.0872. The molecule has 0 unspecified atom stereocenters. The predicted octanol–water partition coefficient (Wildman–Crippen LogP) is 3.59. The SMILES string of the molecule is Cc1ccc(S(=O)(=O)n2ccc3c(-c4nc(N)cc(N5CCOC[C@H]5C)n4)cc(F)cc32)cc1. The van der Waals surface area contributed by atoms with Crippen molar-refractivity contribution in [1.82, 2.24) is 13.9 Å². The Labute approximate surface area is 196 Å². The third-order valence-electron chi connectivity index (χ3n) is 5.95. The van der Waals surface area contributed by atoms with Crippen molar-refractivity contribution in [2.75, 3.05) is 30.4 Å². The van der Waals surface area contributed by atoms with Crippen LogP contribution in [0.3, 0.4) is 0 Å². The predicted molar refractivity (Wildman–Crippen MR) is 129 cm³/mol. The van der Waals surface area contributed by atoms with Gasteiger partial charge >= 0.3 is 0 Å². The second-order valence-electron chi connectivity index (χ2n) is 8.41. The number of rotatable bonds is 4. The Bertz CT molecular complexity index is 1480. The Morgan fingerprint density at radius 1 is 1.12 bits per heavy atom. The molecule has 1 aliphatic heterocycles. The van der Waals surface area contributed by atoms with Gasteiger partial charge in [0.15, 0.2) is 5.82 Å². The van der Waals surface area contributed by atoms with E-state index >= 15 is 0 Å². The first kappa shape index (κ1) is 22.3. The molecule has 0 bridgehead atoms. The maximum absolute atomic E-state index is 14.8. The fourth-order valence-electron chi connectivity index (χ4n) is 4.19. The van der Waals surface area contributed by atoms with Crippen LogP contribution in [0.25, 0.3) is 22.3 Å². The monoisotopic (exact) mass is 481 g/mol. The molecule has 176 valence electrons. The van der Waals surface area contributed by atoms with Crippen molar-refractivity contribution >= 4 is 32.6 Å². The van der Waals surface area contributed by atoms with Gasteiger partial charge in [-0.25, -0.2) is 26.7 Å². The van der Waals surface area contributed by atoms with Crippen molar-refractivity contribution in [2.24, 2.45) is 0 Å². The number of anilines is 2. The van der Waals surface area contributed by atoms with Gasteiger partial charge in [0.2, 0.25) is 0 Å². The summed E-state index contributed by atoms with van der Waals surface area (Å²) in [6, 6.07) is 12.4. The van der Waals surface area contributed by atoms with Crippen molar-refractivity contribution in [3.8, 4) is 11.4 Å². The van der Waals surface area contributed by atoms with Crippen molar-refractivity contribution in [2.45, 2.75) is 24.8 Å². The number of fused-ring (bicyclic) bond motifs is 1. The Hall–Kier alpha value is -3.50. The molecule has 1 atom stereocenters. The van der Waals surface area contributed by atoms with E-state index in [-0.39, 0.29) is 28.1 Å². The van der Waals surface area contributed by atoms with E-state index in [4.69, 9.17) is 10.5 Å². The van der Waals surface area contributed by atoms with Crippen LogP contribution in [0.15, 0.2) is 59.6 Å². The van der Waals surface area contributed by atoms with Gasteiger partial charge in [-0.3, -0.25) is 0 Å². The Kier molecular flexibility index (Phi) is 5.49. The second kappa shape index (κ2) is 8.37. The molecule has 0 radical (unpaired) electrons. The molecular formula is C24H24FN5O3S. The van der Waals surface area contributed by atoms with Crippen LogP contribution < -0.4 is 10.6 Å². The summed E-state index contributed by atoms with van der Waals surface area (Å²) in [5.74, 6) is 0.475. The lowest BCUT2D eigenvalue weighted by molar-refractivity contribution is 0.0985. The topological polar surface area (TPSA) is 103 Å². The molecule has 2 N–H and O–H groups in total. The number of nitrogens with zero attached hydrogens (tertiary/aromatic N) is 4. The third kappa shape index (κ3) is 3.88. The number of benzene rings is 2. The van der Waals surface area contributed by atoms with Gasteiger partial charge in [0.25, 0.3) is 10.0 Å². The summed E-state index contributed by atoms with van der Waals surface area (Å²) < 4.78 is 48.0. The van der Waals surface area contributed by atoms with E-state index < -0.39 is 15.8 Å². The van der Waals surface area contributed by atoms with Crippen LogP contribution in [0.4, 0.5) is 16.0 Å². The van der Waals surface area contributed by atoms with Crippen molar-refractivity contribution < 1.29 is 17.5 Å². The van der Waals surface area contributed by atoms with E-state index in [1.807, 2.05) is 13.8 Å². The zero-order valence-electron chi connectivity index (χ0n) is 18.8. The molecule has 8 nitrogen and oxygen atoms in total. The summed E-state index contributed by atoms with van der Waals surface area (Å²) in [5, 5.41) is 0.503. The molecule has 0 spiro atoms. The molecule has 0 saturated carbocycles. The average Bonchev–Trinajstić information content (AvgIpc) is 3.23. The number of hydrogen-bond acceptors (Lipinski definition) is 7. The highest BCUT2D eigenvalue weighted by Crippen LogP contribution is 2.33. The summed E-state index contributed by atoms with van der Waals surface area (Å²) in [5.41, 5.74) is 7.59. The first-order valence-corrected chi connectivity index (χ1v) is 12.3. The molecule has 2 aromatic heterocycles. The number of nitrogen functional groups attached to an aromatic ring is 1. The van der Waals surface area contributed by atoms with Gasteiger partial charge in [0.1, 0.15) is 17.5 Å². The fourth-order valence-corrected chi connectivity index (χ4v) is 5.53. The molecule has 2 aromatic carbocycles. The lowest BCUT2D eigenvalue weighted by Crippen LogP contribution is -2.44. The Morgan fingerprint density at radius 3 is 2.62 bits per heavy atom. The van der Waals surface area contributed by atoms with E-state index in [2.05, 4.69) is 14.9 Å². The molecule has 34 heavy (non-hydrogen) atoms. The standard InChI is InChI=1S/C24H24FN5O3S/c1-15-3-5-18(6-4-15)34(31,32)30-8-7-19-20(11-17(25)12-21(19)30)24-27-22(26)13-23(28-24)29-9-10-33-14-16(29)2/h3-8,11-13,16H,9-10,14H2,1-2H3,(H2,26,27,28)/t16-/m1/s1. The van der Waals surface area contributed by atoms with Crippen LogP contribution in [0.1, 0.15) is 12.5 Å². The average molecular weight is 482 g/mol. The van der Waals surface area contributed by atoms with E-state index in [9.17, 15) is 12.8 Å². The quantitative estimate of drug-likeness (QED) is 0.475. The first-order chi connectivity index (χ1) is 16.2. The highest BCUT2D eigenvalue weighted by Gasteiger charge is 2.24. The highest BCUT2D eigenvalue weighted by atomic mass is 32.2. The fraction of sp³-hybridized carbons (Fsp3) is 0.250. The first-order valence-electron chi connectivity index (χ1n) is 10.9. The lowest BCUT2D eigenvalue weighted by atomic mass is 10.1. The largest absolute Gasteiger partial charge is 0.384 e. The van der Waals surface area contributed by atoms with E-state index in [1.54, 1.807) is 24.3 Å². The van der Waals surface area contributed by atoms with Gasteiger partial charge in [0, 0.05) is 29.8 Å². The minimum atomic E-state index is -3.93. The Balaban J connectivity index is 1.65. The molecule has 5 rings (SSSR count). The van der Waals surface area contributed by atoms with Crippen LogP contribution >= 0.6 is 0 Å². The van der Waals surface area contributed by atoms with Gasteiger partial charge in [-0.05, 0) is 44.2 Å². The number of nitrogens with two attached hydrogens (primary N) is 1. The van der Waals surface area contributed by atoms with Crippen LogP contribution in [-0.2, 0) is 14.8 Å². The molecule has 10 heteroatoms. The van der Waals surface area contributed by atoms with Gasteiger partial charge in [-0.1, -0.05) is 17.7 Å². The number of morpholine rings is 1. The minimum Gasteiger partial charge on any atom is -0.384 e. The Morgan fingerprint density at radius 2 is 1.88 bits per heavy atom. The number of aromatic nitrogens is 3.